The molecule has 1 spiro atoms. The molecule has 2 atom stereocenters. The Morgan fingerprint density at radius 3 is 2.09 bits per heavy atom. The summed E-state index contributed by atoms with van der Waals surface area (Å²) in [7, 11) is 0. The zero-order valence-electron chi connectivity index (χ0n) is 32.1. The highest BCUT2D eigenvalue weighted by Gasteiger charge is 2.47. The highest BCUT2D eigenvalue weighted by atomic mass is 35.5. The van der Waals surface area contributed by atoms with Crippen LogP contribution in [0.25, 0.3) is 4.85 Å². The summed E-state index contributed by atoms with van der Waals surface area (Å²) in [6.45, 7) is 16.2. The van der Waals surface area contributed by atoms with E-state index in [0.29, 0.717) is 60.0 Å². The van der Waals surface area contributed by atoms with E-state index in [9.17, 15) is 24.0 Å². The average Bonchev–Trinajstić information content (AvgIpc) is 3.84. The highest BCUT2D eigenvalue weighted by Crippen LogP contribution is 2.48. The third kappa shape index (κ3) is 6.64. The van der Waals surface area contributed by atoms with Crippen molar-refractivity contribution in [3.8, 4) is 0 Å². The monoisotopic (exact) mass is 787 g/mol. The zero-order valence-corrected chi connectivity index (χ0v) is 32.9. The van der Waals surface area contributed by atoms with Gasteiger partial charge in [0.05, 0.1) is 17.7 Å². The van der Waals surface area contributed by atoms with Gasteiger partial charge >= 0.3 is 0 Å². The van der Waals surface area contributed by atoms with Crippen LogP contribution in [0.2, 0.25) is 5.02 Å². The Bertz CT molecular complexity index is 2180. The Balaban J connectivity index is 0.747. The van der Waals surface area contributed by atoms with Crippen LogP contribution in [0.15, 0.2) is 54.6 Å². The second-order valence-corrected chi connectivity index (χ2v) is 17.2. The molecule has 0 saturated carbocycles. The number of fused-ring (bicyclic) bond motifs is 2. The first-order chi connectivity index (χ1) is 27.5. The number of amides is 5. The SMILES string of the molecule is [C-]#[N+]c1ccc(N2CCC3(CCN(c4ccc(C(=O)N5CCC(CN6Cc7cc8c(cc7C6)C(=O)N(C6CCC(=O)NC6=O)C8=O)CC5)cc4)CC3)[C@@H]2C)cc1Cl. The van der Waals surface area contributed by atoms with Crippen LogP contribution in [0.5, 0.6) is 0 Å². The van der Waals surface area contributed by atoms with E-state index < -0.39 is 23.8 Å². The third-order valence-corrected chi connectivity index (χ3v) is 14.1. The first kappa shape index (κ1) is 37.3. The van der Waals surface area contributed by atoms with Crippen molar-refractivity contribution in [1.82, 2.24) is 20.0 Å². The van der Waals surface area contributed by atoms with Gasteiger partial charge in [-0.3, -0.25) is 39.1 Å². The van der Waals surface area contributed by atoms with Gasteiger partial charge in [-0.15, -0.1) is 0 Å². The van der Waals surface area contributed by atoms with Gasteiger partial charge in [-0.2, -0.15) is 0 Å². The standard InChI is InChI=1S/C44H46ClN7O5/c1-27-44(15-20-51(27)33-7-8-37(46-2)36(45)23-33)13-18-49(19-14-44)32-5-3-29(4-6-32)41(55)50-16-11-28(12-17-50)24-48-25-30-21-34-35(22-31(30)26-48)43(57)52(42(34)56)38-9-10-39(53)47-40(38)54/h3-8,21-23,27-28,38H,9-20,24-26H2,1H3,(H,47,53,54)/t27-,38?/m0/s1. The van der Waals surface area contributed by atoms with Crippen molar-refractivity contribution in [2.24, 2.45) is 11.3 Å². The van der Waals surface area contributed by atoms with E-state index in [1.165, 1.54) is 0 Å². The second kappa shape index (κ2) is 14.6. The number of nitrogens with zero attached hydrogens (tertiary/aromatic N) is 6. The van der Waals surface area contributed by atoms with Gasteiger partial charge in [-0.05, 0) is 116 Å². The fourth-order valence-electron chi connectivity index (χ4n) is 10.3. The summed E-state index contributed by atoms with van der Waals surface area (Å²) in [5.74, 6) is -1.43. The van der Waals surface area contributed by atoms with Crippen LogP contribution in [0.3, 0.4) is 0 Å². The quantitative estimate of drug-likeness (QED) is 0.237. The van der Waals surface area contributed by atoms with Gasteiger partial charge in [0.2, 0.25) is 17.5 Å². The first-order valence-corrected chi connectivity index (χ1v) is 20.6. The summed E-state index contributed by atoms with van der Waals surface area (Å²) in [6.07, 6.45) is 5.40. The Kier molecular flexibility index (Phi) is 9.56. The molecule has 4 saturated heterocycles. The van der Waals surface area contributed by atoms with E-state index in [4.69, 9.17) is 18.2 Å². The molecule has 6 heterocycles. The highest BCUT2D eigenvalue weighted by molar-refractivity contribution is 6.33. The lowest BCUT2D eigenvalue weighted by atomic mass is 9.73. The molecule has 294 valence electrons. The molecular weight excluding hydrogens is 742 g/mol. The number of rotatable bonds is 6. The van der Waals surface area contributed by atoms with Gasteiger partial charge in [0.25, 0.3) is 17.7 Å². The summed E-state index contributed by atoms with van der Waals surface area (Å²) < 4.78 is 0. The number of imide groups is 2. The van der Waals surface area contributed by atoms with Crippen molar-refractivity contribution in [1.29, 1.82) is 0 Å². The molecule has 1 N–H and O–H groups in total. The molecule has 1 unspecified atom stereocenters. The number of carbonyl (C=O) groups excluding carboxylic acids is 5. The molecule has 6 aliphatic heterocycles. The molecule has 0 aromatic heterocycles. The molecule has 5 amide bonds. The maximum atomic E-state index is 13.6. The molecule has 12 nitrogen and oxygen atoms in total. The molecule has 6 aliphatic rings. The summed E-state index contributed by atoms with van der Waals surface area (Å²) >= 11 is 6.38. The van der Waals surface area contributed by atoms with Crippen molar-refractivity contribution in [2.75, 3.05) is 49.1 Å². The molecule has 57 heavy (non-hydrogen) atoms. The van der Waals surface area contributed by atoms with E-state index >= 15 is 0 Å². The van der Waals surface area contributed by atoms with Crippen molar-refractivity contribution >= 4 is 58.2 Å². The van der Waals surface area contributed by atoms with Crippen molar-refractivity contribution in [2.45, 2.75) is 77.0 Å². The second-order valence-electron chi connectivity index (χ2n) is 16.8. The number of nitrogens with one attached hydrogen (secondary N) is 1. The maximum absolute atomic E-state index is 13.6. The Morgan fingerprint density at radius 2 is 1.47 bits per heavy atom. The molecule has 0 radical (unpaired) electrons. The van der Waals surface area contributed by atoms with Crippen LogP contribution in [0.1, 0.15) is 94.1 Å². The van der Waals surface area contributed by atoms with E-state index in [1.807, 2.05) is 47.4 Å². The van der Waals surface area contributed by atoms with Crippen LogP contribution in [-0.4, -0.2) is 95.6 Å². The molecule has 13 heteroatoms. The predicted molar refractivity (Wildman–Crippen MR) is 215 cm³/mol. The minimum Gasteiger partial charge on any atom is -0.371 e. The molecule has 3 aromatic carbocycles. The first-order valence-electron chi connectivity index (χ1n) is 20.2. The van der Waals surface area contributed by atoms with E-state index in [1.54, 1.807) is 0 Å². The fourth-order valence-corrected chi connectivity index (χ4v) is 10.5. The van der Waals surface area contributed by atoms with Gasteiger partial charge in [0.1, 0.15) is 6.04 Å². The number of halogens is 1. The molecule has 0 aliphatic carbocycles. The predicted octanol–water partition coefficient (Wildman–Crippen LogP) is 6.05. The summed E-state index contributed by atoms with van der Waals surface area (Å²) in [5, 5.41) is 2.76. The van der Waals surface area contributed by atoms with E-state index in [2.05, 4.69) is 43.9 Å². The van der Waals surface area contributed by atoms with Crippen molar-refractivity contribution < 1.29 is 24.0 Å². The summed E-state index contributed by atoms with van der Waals surface area (Å²) in [6, 6.07) is 17.0. The average molecular weight is 788 g/mol. The lowest BCUT2D eigenvalue weighted by Gasteiger charge is -2.44. The van der Waals surface area contributed by atoms with E-state index in [-0.39, 0.29) is 30.1 Å². The maximum Gasteiger partial charge on any atom is 0.262 e. The molecular formula is C44H46ClN7O5. The number of benzene rings is 3. The van der Waals surface area contributed by atoms with Gasteiger partial charge in [0, 0.05) is 86.8 Å². The number of anilines is 2. The topological polar surface area (TPSA) is 118 Å². The van der Waals surface area contributed by atoms with Crippen LogP contribution >= 0.6 is 11.6 Å². The van der Waals surface area contributed by atoms with Crippen LogP contribution in [-0.2, 0) is 22.7 Å². The Labute approximate surface area is 337 Å². The molecule has 9 rings (SSSR count). The third-order valence-electron chi connectivity index (χ3n) is 13.8. The minimum atomic E-state index is -0.967. The smallest absolute Gasteiger partial charge is 0.262 e. The van der Waals surface area contributed by atoms with Gasteiger partial charge in [-0.25, -0.2) is 4.85 Å². The normalized spacial score (nSPS) is 23.6. The number of hydrogen-bond donors (Lipinski definition) is 1. The van der Waals surface area contributed by atoms with E-state index in [0.717, 1.165) is 91.2 Å². The van der Waals surface area contributed by atoms with Gasteiger partial charge < -0.3 is 14.7 Å². The fraction of sp³-hybridized carbons (Fsp3) is 0.455. The van der Waals surface area contributed by atoms with Crippen molar-refractivity contribution in [3.05, 3.63) is 98.9 Å². The minimum absolute atomic E-state index is 0.0748. The van der Waals surface area contributed by atoms with Crippen LogP contribution < -0.4 is 15.1 Å². The van der Waals surface area contributed by atoms with Crippen LogP contribution in [0.4, 0.5) is 17.1 Å². The lowest BCUT2D eigenvalue weighted by Crippen LogP contribution is -2.54. The van der Waals surface area contributed by atoms with Crippen molar-refractivity contribution in [3.63, 3.8) is 0 Å². The largest absolute Gasteiger partial charge is 0.371 e. The van der Waals surface area contributed by atoms with Gasteiger partial charge in [0.15, 0.2) is 0 Å². The molecule has 4 fully saturated rings. The molecule has 3 aromatic rings. The zero-order chi connectivity index (χ0) is 39.6. The van der Waals surface area contributed by atoms with Gasteiger partial charge in [-0.1, -0.05) is 17.7 Å². The number of carbonyl (C=O) groups is 5. The number of piperidine rings is 3. The summed E-state index contributed by atoms with van der Waals surface area (Å²) in [5.41, 5.74) is 6.39. The number of likely N-dealkylation sites (tertiary alicyclic amines) is 1. The molecule has 0 bridgehead atoms. The summed E-state index contributed by atoms with van der Waals surface area (Å²) in [4.78, 5) is 78.0. The Morgan fingerprint density at radius 1 is 0.842 bits per heavy atom. The van der Waals surface area contributed by atoms with Crippen LogP contribution in [0, 0.1) is 17.9 Å². The Hall–Kier alpha value is -5.25. The lowest BCUT2D eigenvalue weighted by molar-refractivity contribution is -0.136. The number of hydrogen-bond acceptors (Lipinski definition) is 8.